The summed E-state index contributed by atoms with van der Waals surface area (Å²) in [6.45, 7) is 6.11. The number of carbonyl (C=O) groups excluding carboxylic acids is 1. The minimum absolute atomic E-state index is 0.0958. The number of carbonyl (C=O) groups is 1. The van der Waals surface area contributed by atoms with Crippen molar-refractivity contribution in [3.05, 3.63) is 11.6 Å². The van der Waals surface area contributed by atoms with Crippen molar-refractivity contribution in [3.8, 4) is 0 Å². The van der Waals surface area contributed by atoms with E-state index in [0.717, 1.165) is 18.4 Å². The summed E-state index contributed by atoms with van der Waals surface area (Å²) in [6.07, 6.45) is 3.53. The summed E-state index contributed by atoms with van der Waals surface area (Å²) in [5, 5.41) is 0. The Morgan fingerprint density at radius 2 is 2.00 bits per heavy atom. The van der Waals surface area contributed by atoms with Crippen LogP contribution in [-0.4, -0.2) is 24.8 Å². The third-order valence-corrected chi connectivity index (χ3v) is 2.02. The van der Waals surface area contributed by atoms with E-state index >= 15 is 0 Å². The first-order valence-corrected chi connectivity index (χ1v) is 4.86. The van der Waals surface area contributed by atoms with Gasteiger partial charge in [-0.1, -0.05) is 5.57 Å². The van der Waals surface area contributed by atoms with Crippen molar-refractivity contribution in [1.29, 1.82) is 0 Å². The predicted molar refractivity (Wildman–Crippen MR) is 54.0 cm³/mol. The van der Waals surface area contributed by atoms with Crippen molar-refractivity contribution >= 4 is 5.97 Å². The number of esters is 1. The van der Waals surface area contributed by atoms with Gasteiger partial charge in [0, 0.05) is 6.08 Å². The Labute approximate surface area is 85.1 Å². The molecule has 0 saturated heterocycles. The van der Waals surface area contributed by atoms with E-state index in [1.54, 1.807) is 6.08 Å². The predicted octanol–water partition coefficient (Wildman–Crippen LogP) is 2.06. The molecule has 0 aromatic carbocycles. The molecule has 0 aliphatic heterocycles. The summed E-state index contributed by atoms with van der Waals surface area (Å²) in [6, 6.07) is 0. The van der Waals surface area contributed by atoms with Crippen LogP contribution in [0.25, 0.3) is 0 Å². The highest BCUT2D eigenvalue weighted by molar-refractivity contribution is 5.82. The molecule has 1 saturated carbocycles. The fraction of sp³-hybridized carbons (Fsp3) is 0.727. The standard InChI is InChI=1S/C11H18O3/c1-11(2,3)14-9-5-8(6-9)7-10(12)13-4/h7,9H,5-6H2,1-4H3. The van der Waals surface area contributed by atoms with Gasteiger partial charge < -0.3 is 9.47 Å². The minimum Gasteiger partial charge on any atom is -0.466 e. The van der Waals surface area contributed by atoms with Gasteiger partial charge in [-0.2, -0.15) is 0 Å². The van der Waals surface area contributed by atoms with Gasteiger partial charge in [-0.05, 0) is 33.6 Å². The van der Waals surface area contributed by atoms with Crippen LogP contribution in [0.1, 0.15) is 33.6 Å². The van der Waals surface area contributed by atoms with Gasteiger partial charge in [0.05, 0.1) is 18.8 Å². The Morgan fingerprint density at radius 1 is 1.43 bits per heavy atom. The average Bonchev–Trinajstić information content (AvgIpc) is 1.97. The Balaban J connectivity index is 2.30. The first-order valence-electron chi connectivity index (χ1n) is 4.86. The fourth-order valence-corrected chi connectivity index (χ4v) is 1.45. The molecule has 80 valence electrons. The molecule has 1 rings (SSSR count). The Bertz CT molecular complexity index is 240. The van der Waals surface area contributed by atoms with E-state index < -0.39 is 0 Å². The first kappa shape index (κ1) is 11.2. The molecule has 0 unspecified atom stereocenters. The van der Waals surface area contributed by atoms with Crippen LogP contribution in [0.5, 0.6) is 0 Å². The largest absolute Gasteiger partial charge is 0.466 e. The number of hydrogen-bond acceptors (Lipinski definition) is 3. The zero-order valence-electron chi connectivity index (χ0n) is 9.29. The van der Waals surface area contributed by atoms with Crippen LogP contribution in [0.15, 0.2) is 11.6 Å². The second-order valence-electron chi connectivity index (χ2n) is 4.59. The van der Waals surface area contributed by atoms with Gasteiger partial charge in [0.15, 0.2) is 0 Å². The van der Waals surface area contributed by atoms with Gasteiger partial charge in [-0.15, -0.1) is 0 Å². The molecule has 1 fully saturated rings. The van der Waals surface area contributed by atoms with E-state index in [1.807, 2.05) is 20.8 Å². The lowest BCUT2D eigenvalue weighted by Gasteiger charge is -2.35. The molecule has 0 radical (unpaired) electrons. The van der Waals surface area contributed by atoms with Crippen LogP contribution in [0.3, 0.4) is 0 Å². The zero-order valence-corrected chi connectivity index (χ0v) is 9.29. The quantitative estimate of drug-likeness (QED) is 0.503. The zero-order chi connectivity index (χ0) is 10.8. The van der Waals surface area contributed by atoms with Crippen LogP contribution in [0.2, 0.25) is 0 Å². The van der Waals surface area contributed by atoms with Gasteiger partial charge in [-0.3, -0.25) is 0 Å². The third-order valence-electron chi connectivity index (χ3n) is 2.02. The van der Waals surface area contributed by atoms with Crippen molar-refractivity contribution in [2.45, 2.75) is 45.3 Å². The van der Waals surface area contributed by atoms with Crippen molar-refractivity contribution in [3.63, 3.8) is 0 Å². The molecule has 3 nitrogen and oxygen atoms in total. The Morgan fingerprint density at radius 3 is 2.43 bits per heavy atom. The molecule has 1 aliphatic rings. The summed E-state index contributed by atoms with van der Waals surface area (Å²) >= 11 is 0. The minimum atomic E-state index is -0.269. The molecular formula is C11H18O3. The van der Waals surface area contributed by atoms with Crippen LogP contribution in [0, 0.1) is 0 Å². The molecule has 3 heteroatoms. The van der Waals surface area contributed by atoms with Crippen molar-refractivity contribution in [2.75, 3.05) is 7.11 Å². The number of ether oxygens (including phenoxy) is 2. The van der Waals surface area contributed by atoms with Gasteiger partial charge in [-0.25, -0.2) is 4.79 Å². The Hall–Kier alpha value is -0.830. The number of hydrogen-bond donors (Lipinski definition) is 0. The van der Waals surface area contributed by atoms with Crippen molar-refractivity contribution in [2.24, 2.45) is 0 Å². The second-order valence-corrected chi connectivity index (χ2v) is 4.59. The maximum absolute atomic E-state index is 10.9. The summed E-state index contributed by atoms with van der Waals surface area (Å²) in [5.41, 5.74) is 1.02. The summed E-state index contributed by atoms with van der Waals surface area (Å²) in [7, 11) is 1.39. The van der Waals surface area contributed by atoms with Gasteiger partial charge in [0.2, 0.25) is 0 Å². The third kappa shape index (κ3) is 3.50. The molecule has 0 heterocycles. The normalized spacial score (nSPS) is 21.4. The maximum Gasteiger partial charge on any atom is 0.330 e. The second kappa shape index (κ2) is 4.13. The summed E-state index contributed by atoms with van der Waals surface area (Å²) in [4.78, 5) is 10.9. The average molecular weight is 198 g/mol. The molecule has 0 amide bonds. The topological polar surface area (TPSA) is 35.5 Å². The fourth-order valence-electron chi connectivity index (χ4n) is 1.45. The van der Waals surface area contributed by atoms with E-state index in [2.05, 4.69) is 4.74 Å². The lowest BCUT2D eigenvalue weighted by molar-refractivity contribution is -0.135. The lowest BCUT2D eigenvalue weighted by atomic mass is 9.88. The van der Waals surface area contributed by atoms with E-state index in [4.69, 9.17) is 4.74 Å². The van der Waals surface area contributed by atoms with Crippen LogP contribution >= 0.6 is 0 Å². The molecule has 1 aliphatic carbocycles. The van der Waals surface area contributed by atoms with Gasteiger partial charge >= 0.3 is 5.97 Å². The molecule has 0 atom stereocenters. The van der Waals surface area contributed by atoms with E-state index in [9.17, 15) is 4.79 Å². The monoisotopic (exact) mass is 198 g/mol. The van der Waals surface area contributed by atoms with E-state index in [0.29, 0.717) is 0 Å². The highest BCUT2D eigenvalue weighted by atomic mass is 16.5. The number of rotatable bonds is 2. The van der Waals surface area contributed by atoms with Gasteiger partial charge in [0.1, 0.15) is 0 Å². The first-order chi connectivity index (χ1) is 6.40. The van der Waals surface area contributed by atoms with Crippen LogP contribution < -0.4 is 0 Å². The van der Waals surface area contributed by atoms with Crippen molar-refractivity contribution in [1.82, 2.24) is 0 Å². The maximum atomic E-state index is 10.9. The Kier molecular flexibility index (Phi) is 3.32. The summed E-state index contributed by atoms with van der Waals surface area (Å²) < 4.78 is 10.3. The molecule has 0 aromatic heterocycles. The van der Waals surface area contributed by atoms with E-state index in [-0.39, 0.29) is 17.7 Å². The molecule has 0 N–H and O–H groups in total. The summed E-state index contributed by atoms with van der Waals surface area (Å²) in [5.74, 6) is -0.269. The van der Waals surface area contributed by atoms with Crippen LogP contribution in [-0.2, 0) is 14.3 Å². The van der Waals surface area contributed by atoms with Crippen LogP contribution in [0.4, 0.5) is 0 Å². The molecule has 0 bridgehead atoms. The highest BCUT2D eigenvalue weighted by Crippen LogP contribution is 2.32. The van der Waals surface area contributed by atoms with Gasteiger partial charge in [0.25, 0.3) is 0 Å². The molecular weight excluding hydrogens is 180 g/mol. The SMILES string of the molecule is COC(=O)C=C1CC(OC(C)(C)C)C1. The highest BCUT2D eigenvalue weighted by Gasteiger charge is 2.28. The molecule has 0 spiro atoms. The lowest BCUT2D eigenvalue weighted by Crippen LogP contribution is -2.33. The number of methoxy groups -OCH3 is 1. The van der Waals surface area contributed by atoms with Crippen molar-refractivity contribution < 1.29 is 14.3 Å². The van der Waals surface area contributed by atoms with E-state index in [1.165, 1.54) is 7.11 Å². The molecule has 14 heavy (non-hydrogen) atoms. The smallest absolute Gasteiger partial charge is 0.330 e. The molecule has 0 aromatic rings.